The number of hydrogen-bond acceptors (Lipinski definition) is 3. The Bertz CT molecular complexity index is 437. The van der Waals surface area contributed by atoms with E-state index in [-0.39, 0.29) is 12.3 Å². The standard InChI is InChI=1S/C14H18N2O2/c15-14(17)6-2-4-12-3-1-5-13(11-12)16-7-9-18-10-8-16/h1-5,11H,6-10H2,(H2,15,17). The number of anilines is 1. The molecule has 0 radical (unpaired) electrons. The van der Waals surface area contributed by atoms with Crippen molar-refractivity contribution in [3.05, 3.63) is 35.9 Å². The highest BCUT2D eigenvalue weighted by Crippen LogP contribution is 2.18. The number of carbonyl (C=O) groups is 1. The zero-order chi connectivity index (χ0) is 12.8. The SMILES string of the molecule is NC(=O)CC=Cc1cccc(N2CCOCC2)c1. The number of primary amides is 1. The Morgan fingerprint density at radius 3 is 2.89 bits per heavy atom. The van der Waals surface area contributed by atoms with Crippen LogP contribution in [0.15, 0.2) is 30.3 Å². The van der Waals surface area contributed by atoms with Crippen LogP contribution in [0.25, 0.3) is 6.08 Å². The van der Waals surface area contributed by atoms with Crippen molar-refractivity contribution in [2.75, 3.05) is 31.2 Å². The molecule has 2 rings (SSSR count). The lowest BCUT2D eigenvalue weighted by molar-refractivity contribution is -0.117. The summed E-state index contributed by atoms with van der Waals surface area (Å²) in [7, 11) is 0. The summed E-state index contributed by atoms with van der Waals surface area (Å²) in [4.78, 5) is 13.0. The van der Waals surface area contributed by atoms with Crippen molar-refractivity contribution < 1.29 is 9.53 Å². The molecule has 0 aliphatic carbocycles. The largest absolute Gasteiger partial charge is 0.378 e. The first-order valence-electron chi connectivity index (χ1n) is 6.13. The lowest BCUT2D eigenvalue weighted by Gasteiger charge is -2.29. The third-order valence-corrected chi connectivity index (χ3v) is 2.88. The van der Waals surface area contributed by atoms with Crippen molar-refractivity contribution in [1.82, 2.24) is 0 Å². The normalized spacial score (nSPS) is 16.1. The molecule has 96 valence electrons. The summed E-state index contributed by atoms with van der Waals surface area (Å²) < 4.78 is 5.34. The summed E-state index contributed by atoms with van der Waals surface area (Å²) in [5.41, 5.74) is 7.37. The van der Waals surface area contributed by atoms with Gasteiger partial charge in [0.25, 0.3) is 0 Å². The zero-order valence-electron chi connectivity index (χ0n) is 10.3. The first kappa shape index (κ1) is 12.6. The van der Waals surface area contributed by atoms with Gasteiger partial charge in [-0.05, 0) is 17.7 Å². The average Bonchev–Trinajstić information content (AvgIpc) is 2.40. The summed E-state index contributed by atoms with van der Waals surface area (Å²) in [6.45, 7) is 3.41. The summed E-state index contributed by atoms with van der Waals surface area (Å²) >= 11 is 0. The van der Waals surface area contributed by atoms with E-state index in [0.29, 0.717) is 0 Å². The van der Waals surface area contributed by atoms with Crippen molar-refractivity contribution in [3.63, 3.8) is 0 Å². The van der Waals surface area contributed by atoms with Gasteiger partial charge < -0.3 is 15.4 Å². The molecule has 1 aliphatic rings. The third kappa shape index (κ3) is 3.60. The number of nitrogens with two attached hydrogens (primary N) is 1. The number of ether oxygens (including phenoxy) is 1. The fourth-order valence-corrected chi connectivity index (χ4v) is 1.96. The van der Waals surface area contributed by atoms with Gasteiger partial charge in [0.05, 0.1) is 13.2 Å². The smallest absolute Gasteiger partial charge is 0.221 e. The van der Waals surface area contributed by atoms with Gasteiger partial charge in [0.15, 0.2) is 0 Å². The Kier molecular flexibility index (Phi) is 4.36. The molecule has 1 aliphatic heterocycles. The first-order chi connectivity index (χ1) is 8.75. The molecule has 0 unspecified atom stereocenters. The number of benzene rings is 1. The summed E-state index contributed by atoms with van der Waals surface area (Å²) in [5, 5.41) is 0. The maximum absolute atomic E-state index is 10.7. The molecule has 4 nitrogen and oxygen atoms in total. The van der Waals surface area contributed by atoms with Crippen LogP contribution in [0.1, 0.15) is 12.0 Å². The highest BCUT2D eigenvalue weighted by Gasteiger charge is 2.10. The van der Waals surface area contributed by atoms with Crippen LogP contribution in [-0.4, -0.2) is 32.2 Å². The molecule has 1 aromatic carbocycles. The fraction of sp³-hybridized carbons (Fsp3) is 0.357. The number of hydrogen-bond donors (Lipinski definition) is 1. The van der Waals surface area contributed by atoms with Gasteiger partial charge in [-0.25, -0.2) is 0 Å². The van der Waals surface area contributed by atoms with E-state index >= 15 is 0 Å². The second-order valence-electron chi connectivity index (χ2n) is 4.27. The second-order valence-corrected chi connectivity index (χ2v) is 4.27. The molecular weight excluding hydrogens is 228 g/mol. The average molecular weight is 246 g/mol. The Labute approximate surface area is 107 Å². The molecule has 18 heavy (non-hydrogen) atoms. The van der Waals surface area contributed by atoms with Gasteiger partial charge in [0.2, 0.25) is 5.91 Å². The van der Waals surface area contributed by atoms with E-state index in [4.69, 9.17) is 10.5 Å². The Hall–Kier alpha value is -1.81. The van der Waals surface area contributed by atoms with Crippen LogP contribution in [0.5, 0.6) is 0 Å². The topological polar surface area (TPSA) is 55.6 Å². The molecule has 1 fully saturated rings. The highest BCUT2D eigenvalue weighted by molar-refractivity contribution is 5.76. The first-order valence-corrected chi connectivity index (χ1v) is 6.13. The predicted octanol–water partition coefficient (Wildman–Crippen LogP) is 1.41. The Morgan fingerprint density at radius 2 is 2.17 bits per heavy atom. The van der Waals surface area contributed by atoms with Crippen LogP contribution < -0.4 is 10.6 Å². The highest BCUT2D eigenvalue weighted by atomic mass is 16.5. The molecule has 1 aromatic rings. The monoisotopic (exact) mass is 246 g/mol. The van der Waals surface area contributed by atoms with Crippen molar-refractivity contribution >= 4 is 17.7 Å². The second kappa shape index (κ2) is 6.21. The molecule has 1 saturated heterocycles. The quantitative estimate of drug-likeness (QED) is 0.874. The van der Waals surface area contributed by atoms with Gasteiger partial charge in [0, 0.05) is 25.2 Å². The van der Waals surface area contributed by atoms with Crippen LogP contribution >= 0.6 is 0 Å². The number of carbonyl (C=O) groups excluding carboxylic acids is 1. The molecule has 0 bridgehead atoms. The molecule has 4 heteroatoms. The van der Waals surface area contributed by atoms with Gasteiger partial charge >= 0.3 is 0 Å². The maximum Gasteiger partial charge on any atom is 0.221 e. The van der Waals surface area contributed by atoms with E-state index in [9.17, 15) is 4.79 Å². The Morgan fingerprint density at radius 1 is 1.39 bits per heavy atom. The van der Waals surface area contributed by atoms with Crippen LogP contribution in [0, 0.1) is 0 Å². The van der Waals surface area contributed by atoms with Gasteiger partial charge in [-0.1, -0.05) is 24.3 Å². The number of rotatable bonds is 4. The molecule has 0 spiro atoms. The summed E-state index contributed by atoms with van der Waals surface area (Å²) in [6.07, 6.45) is 4.00. The maximum atomic E-state index is 10.7. The third-order valence-electron chi connectivity index (χ3n) is 2.88. The molecule has 1 amide bonds. The van der Waals surface area contributed by atoms with Crippen molar-refractivity contribution in [2.45, 2.75) is 6.42 Å². The lowest BCUT2D eigenvalue weighted by Crippen LogP contribution is -2.36. The number of morpholine rings is 1. The zero-order valence-corrected chi connectivity index (χ0v) is 10.3. The van der Waals surface area contributed by atoms with Gasteiger partial charge in [-0.15, -0.1) is 0 Å². The van der Waals surface area contributed by atoms with E-state index < -0.39 is 0 Å². The van der Waals surface area contributed by atoms with Gasteiger partial charge in [0.1, 0.15) is 0 Å². The minimum atomic E-state index is -0.310. The van der Waals surface area contributed by atoms with Gasteiger partial charge in [-0.3, -0.25) is 4.79 Å². The van der Waals surface area contributed by atoms with Crippen LogP contribution in [0.2, 0.25) is 0 Å². The number of amides is 1. The van der Waals surface area contributed by atoms with Crippen LogP contribution in [-0.2, 0) is 9.53 Å². The molecule has 2 N–H and O–H groups in total. The molecule has 0 aromatic heterocycles. The number of nitrogens with zero attached hydrogens (tertiary/aromatic N) is 1. The lowest BCUT2D eigenvalue weighted by atomic mass is 10.1. The Balaban J connectivity index is 2.04. The molecule has 0 saturated carbocycles. The summed E-state index contributed by atoms with van der Waals surface area (Å²) in [5.74, 6) is -0.310. The van der Waals surface area contributed by atoms with Crippen LogP contribution in [0.3, 0.4) is 0 Å². The van der Waals surface area contributed by atoms with Crippen LogP contribution in [0.4, 0.5) is 5.69 Å². The van der Waals surface area contributed by atoms with E-state index in [1.807, 2.05) is 18.2 Å². The predicted molar refractivity (Wildman–Crippen MR) is 72.3 cm³/mol. The van der Waals surface area contributed by atoms with E-state index in [0.717, 1.165) is 31.9 Å². The van der Waals surface area contributed by atoms with E-state index in [1.54, 1.807) is 6.08 Å². The summed E-state index contributed by atoms with van der Waals surface area (Å²) in [6, 6.07) is 8.25. The molecule has 0 atom stereocenters. The molecular formula is C14H18N2O2. The van der Waals surface area contributed by atoms with Crippen molar-refractivity contribution in [3.8, 4) is 0 Å². The fourth-order valence-electron chi connectivity index (χ4n) is 1.96. The van der Waals surface area contributed by atoms with Crippen molar-refractivity contribution in [2.24, 2.45) is 5.73 Å². The van der Waals surface area contributed by atoms with Gasteiger partial charge in [-0.2, -0.15) is 0 Å². The van der Waals surface area contributed by atoms with Crippen molar-refractivity contribution in [1.29, 1.82) is 0 Å². The van der Waals surface area contributed by atoms with E-state index in [2.05, 4.69) is 17.0 Å². The van der Waals surface area contributed by atoms with E-state index in [1.165, 1.54) is 5.69 Å². The minimum Gasteiger partial charge on any atom is -0.378 e. The minimum absolute atomic E-state index is 0.280. The molecule has 1 heterocycles.